The van der Waals surface area contributed by atoms with Gasteiger partial charge in [-0.1, -0.05) is 12.1 Å². The van der Waals surface area contributed by atoms with Gasteiger partial charge >= 0.3 is 0 Å². The number of amides is 2. The third-order valence-electron chi connectivity index (χ3n) is 3.25. The summed E-state index contributed by atoms with van der Waals surface area (Å²) in [4.78, 5) is 24.8. The van der Waals surface area contributed by atoms with E-state index in [9.17, 15) is 9.59 Å². The lowest BCUT2D eigenvalue weighted by molar-refractivity contribution is -0.123. The fraction of sp³-hybridized carbons (Fsp3) is 0.250. The molecule has 4 N–H and O–H groups in total. The number of nitrogens with one attached hydrogen (secondary N) is 2. The van der Waals surface area contributed by atoms with E-state index in [4.69, 9.17) is 5.73 Å². The van der Waals surface area contributed by atoms with Crippen LogP contribution < -0.4 is 16.4 Å². The number of rotatable bonds is 5. The molecule has 6 heteroatoms. The highest BCUT2D eigenvalue weighted by Gasteiger charge is 2.25. The van der Waals surface area contributed by atoms with Gasteiger partial charge in [0.1, 0.15) is 0 Å². The Morgan fingerprint density at radius 3 is 2.41 bits per heavy atom. The first-order valence-electron chi connectivity index (χ1n) is 6.89. The van der Waals surface area contributed by atoms with E-state index in [1.807, 2.05) is 11.4 Å². The van der Waals surface area contributed by atoms with Crippen molar-refractivity contribution in [2.75, 3.05) is 17.2 Å². The van der Waals surface area contributed by atoms with Gasteiger partial charge in [0.2, 0.25) is 5.91 Å². The molecule has 0 saturated carbocycles. The Hall–Kier alpha value is -2.18. The minimum Gasteiger partial charge on any atom is -0.329 e. The summed E-state index contributed by atoms with van der Waals surface area (Å²) in [7, 11) is 0. The Balaban J connectivity index is 2.07. The standard InChI is InChI=1S/C16H19N3O2S/c1-16(2,10-17)15(21)19-12-6-3-5-11(9-12)18-14(20)13-7-4-8-22-13/h3-9H,10,17H2,1-2H3,(H,18,20)(H,19,21). The smallest absolute Gasteiger partial charge is 0.265 e. The van der Waals surface area contributed by atoms with E-state index < -0.39 is 5.41 Å². The van der Waals surface area contributed by atoms with Crippen molar-refractivity contribution in [1.82, 2.24) is 0 Å². The fourth-order valence-electron chi connectivity index (χ4n) is 1.67. The summed E-state index contributed by atoms with van der Waals surface area (Å²) in [6.07, 6.45) is 0. The molecule has 0 atom stereocenters. The van der Waals surface area contributed by atoms with Crippen LogP contribution >= 0.6 is 11.3 Å². The van der Waals surface area contributed by atoms with E-state index in [1.165, 1.54) is 11.3 Å². The first-order chi connectivity index (χ1) is 10.4. The zero-order valence-corrected chi connectivity index (χ0v) is 13.4. The third-order valence-corrected chi connectivity index (χ3v) is 4.12. The number of hydrogen-bond acceptors (Lipinski definition) is 4. The van der Waals surface area contributed by atoms with Crippen LogP contribution in [-0.2, 0) is 4.79 Å². The van der Waals surface area contributed by atoms with E-state index in [0.29, 0.717) is 16.3 Å². The van der Waals surface area contributed by atoms with E-state index in [1.54, 1.807) is 44.2 Å². The SMILES string of the molecule is CC(C)(CN)C(=O)Nc1cccc(NC(=O)c2cccs2)c1. The summed E-state index contributed by atoms with van der Waals surface area (Å²) < 4.78 is 0. The second kappa shape index (κ2) is 6.72. The van der Waals surface area contributed by atoms with Crippen LogP contribution in [0.2, 0.25) is 0 Å². The third kappa shape index (κ3) is 3.93. The van der Waals surface area contributed by atoms with Crippen molar-refractivity contribution in [3.05, 3.63) is 46.7 Å². The predicted octanol–water partition coefficient (Wildman–Crippen LogP) is 2.92. The lowest BCUT2D eigenvalue weighted by Crippen LogP contribution is -2.37. The first kappa shape index (κ1) is 16.2. The van der Waals surface area contributed by atoms with Gasteiger partial charge in [-0.2, -0.15) is 0 Å². The monoisotopic (exact) mass is 317 g/mol. The highest BCUT2D eigenvalue weighted by Crippen LogP contribution is 2.20. The second-order valence-electron chi connectivity index (χ2n) is 5.55. The maximum Gasteiger partial charge on any atom is 0.265 e. The molecule has 0 bridgehead atoms. The van der Waals surface area contributed by atoms with Gasteiger partial charge in [0.25, 0.3) is 5.91 Å². The average Bonchev–Trinajstić information content (AvgIpc) is 3.02. The van der Waals surface area contributed by atoms with Gasteiger partial charge in [-0.25, -0.2) is 0 Å². The molecule has 0 saturated heterocycles. The summed E-state index contributed by atoms with van der Waals surface area (Å²) >= 11 is 1.38. The molecule has 1 heterocycles. The highest BCUT2D eigenvalue weighted by atomic mass is 32.1. The zero-order chi connectivity index (χ0) is 16.2. The summed E-state index contributed by atoms with van der Waals surface area (Å²) in [5.74, 6) is -0.322. The number of anilines is 2. The molecule has 0 spiro atoms. The molecule has 0 unspecified atom stereocenters. The van der Waals surface area contributed by atoms with Crippen molar-refractivity contribution >= 4 is 34.5 Å². The molecule has 116 valence electrons. The van der Waals surface area contributed by atoms with Crippen LogP contribution in [0.25, 0.3) is 0 Å². The second-order valence-corrected chi connectivity index (χ2v) is 6.50. The lowest BCUT2D eigenvalue weighted by atomic mass is 9.92. The molecule has 5 nitrogen and oxygen atoms in total. The Morgan fingerprint density at radius 1 is 1.14 bits per heavy atom. The summed E-state index contributed by atoms with van der Waals surface area (Å²) in [6.45, 7) is 3.82. The minimum atomic E-state index is -0.643. The van der Waals surface area contributed by atoms with Crippen LogP contribution in [0.1, 0.15) is 23.5 Å². The van der Waals surface area contributed by atoms with E-state index >= 15 is 0 Å². The van der Waals surface area contributed by atoms with Crippen LogP contribution in [0.3, 0.4) is 0 Å². The van der Waals surface area contributed by atoms with Crippen molar-refractivity contribution in [2.24, 2.45) is 11.1 Å². The van der Waals surface area contributed by atoms with Crippen molar-refractivity contribution in [3.63, 3.8) is 0 Å². The van der Waals surface area contributed by atoms with Crippen LogP contribution in [-0.4, -0.2) is 18.4 Å². The number of nitrogens with two attached hydrogens (primary N) is 1. The number of carbonyl (C=O) groups excluding carboxylic acids is 2. The fourth-order valence-corrected chi connectivity index (χ4v) is 2.29. The van der Waals surface area contributed by atoms with Gasteiger partial charge in [0.05, 0.1) is 10.3 Å². The van der Waals surface area contributed by atoms with Crippen molar-refractivity contribution in [3.8, 4) is 0 Å². The Bertz CT molecular complexity index is 666. The number of thiophene rings is 1. The van der Waals surface area contributed by atoms with E-state index in [2.05, 4.69) is 10.6 Å². The molecule has 1 aromatic heterocycles. The summed E-state index contributed by atoms with van der Waals surface area (Å²) in [5, 5.41) is 7.47. The Labute approximate surface area is 133 Å². The molecule has 22 heavy (non-hydrogen) atoms. The summed E-state index contributed by atoms with van der Waals surface area (Å²) in [5.41, 5.74) is 6.20. The molecular formula is C16H19N3O2S. The largest absolute Gasteiger partial charge is 0.329 e. The number of carbonyl (C=O) groups is 2. The number of hydrogen-bond donors (Lipinski definition) is 3. The van der Waals surface area contributed by atoms with Crippen molar-refractivity contribution in [2.45, 2.75) is 13.8 Å². The highest BCUT2D eigenvalue weighted by molar-refractivity contribution is 7.12. The molecular weight excluding hydrogens is 298 g/mol. The van der Waals surface area contributed by atoms with Crippen molar-refractivity contribution < 1.29 is 9.59 Å². The molecule has 0 aliphatic carbocycles. The van der Waals surface area contributed by atoms with Crippen LogP contribution in [0.5, 0.6) is 0 Å². The Morgan fingerprint density at radius 2 is 1.82 bits per heavy atom. The van der Waals surface area contributed by atoms with Gasteiger partial charge in [0, 0.05) is 17.9 Å². The molecule has 0 radical (unpaired) electrons. The van der Waals surface area contributed by atoms with Crippen molar-refractivity contribution in [1.29, 1.82) is 0 Å². The van der Waals surface area contributed by atoms with Crippen LogP contribution in [0.4, 0.5) is 11.4 Å². The predicted molar refractivity (Wildman–Crippen MR) is 90.2 cm³/mol. The zero-order valence-electron chi connectivity index (χ0n) is 12.6. The van der Waals surface area contributed by atoms with Gasteiger partial charge in [-0.15, -0.1) is 11.3 Å². The maximum absolute atomic E-state index is 12.1. The summed E-state index contributed by atoms with van der Waals surface area (Å²) in [6, 6.07) is 10.6. The van der Waals surface area contributed by atoms with Gasteiger partial charge in [0.15, 0.2) is 0 Å². The molecule has 0 aliphatic rings. The van der Waals surface area contributed by atoms with Crippen LogP contribution in [0, 0.1) is 5.41 Å². The normalized spacial score (nSPS) is 11.0. The van der Waals surface area contributed by atoms with Gasteiger partial charge < -0.3 is 16.4 Å². The first-order valence-corrected chi connectivity index (χ1v) is 7.77. The molecule has 0 fully saturated rings. The average molecular weight is 317 g/mol. The van der Waals surface area contributed by atoms with Gasteiger partial charge in [-0.3, -0.25) is 9.59 Å². The minimum absolute atomic E-state index is 0.156. The molecule has 2 aromatic rings. The van der Waals surface area contributed by atoms with Gasteiger partial charge in [-0.05, 0) is 43.5 Å². The van der Waals surface area contributed by atoms with Crippen LogP contribution in [0.15, 0.2) is 41.8 Å². The Kier molecular flexibility index (Phi) is 4.95. The van der Waals surface area contributed by atoms with E-state index in [0.717, 1.165) is 0 Å². The maximum atomic E-state index is 12.1. The topological polar surface area (TPSA) is 84.2 Å². The molecule has 2 rings (SSSR count). The van der Waals surface area contributed by atoms with E-state index in [-0.39, 0.29) is 18.4 Å². The molecule has 0 aliphatic heterocycles. The quantitative estimate of drug-likeness (QED) is 0.792. The lowest BCUT2D eigenvalue weighted by Gasteiger charge is -2.21. The molecule has 1 aromatic carbocycles. The number of benzene rings is 1. The molecule has 2 amide bonds.